The van der Waals surface area contributed by atoms with Gasteiger partial charge < -0.3 is 11.1 Å². The molecule has 0 heterocycles. The molecule has 78 valence electrons. The van der Waals surface area contributed by atoms with Gasteiger partial charge in [0.05, 0.1) is 0 Å². The second-order valence-corrected chi connectivity index (χ2v) is 4.18. The molecule has 0 aliphatic rings. The minimum Gasteiger partial charge on any atom is -0.329 e. The van der Waals surface area contributed by atoms with Gasteiger partial charge in [0.1, 0.15) is 0 Å². The molecule has 0 aromatic heterocycles. The van der Waals surface area contributed by atoms with Crippen LogP contribution in [0.3, 0.4) is 0 Å². The van der Waals surface area contributed by atoms with Crippen LogP contribution in [-0.2, 0) is 6.54 Å². The van der Waals surface area contributed by atoms with Crippen molar-refractivity contribution >= 4 is 11.8 Å². The summed E-state index contributed by atoms with van der Waals surface area (Å²) in [4.78, 5) is 1.34. The highest BCUT2D eigenvalue weighted by Gasteiger charge is 2.02. The molecule has 1 rings (SSSR count). The summed E-state index contributed by atoms with van der Waals surface area (Å²) < 4.78 is 0. The smallest absolute Gasteiger partial charge is 0.0219 e. The standard InChI is InChI=1S/C11H18N2S/c1-9(7-12)13-8-10-5-3-4-6-11(10)14-2/h3-6,9,13H,7-8,12H2,1-2H3/t9-/m1/s1. The number of hydrogen-bond donors (Lipinski definition) is 2. The van der Waals surface area contributed by atoms with E-state index in [2.05, 4.69) is 42.8 Å². The monoisotopic (exact) mass is 210 g/mol. The minimum atomic E-state index is 0.380. The van der Waals surface area contributed by atoms with Crippen molar-refractivity contribution in [3.63, 3.8) is 0 Å². The molecule has 0 fully saturated rings. The van der Waals surface area contributed by atoms with Crippen molar-refractivity contribution in [2.45, 2.75) is 24.4 Å². The number of hydrogen-bond acceptors (Lipinski definition) is 3. The molecule has 0 aliphatic carbocycles. The molecule has 1 aromatic rings. The lowest BCUT2D eigenvalue weighted by Crippen LogP contribution is -2.32. The van der Waals surface area contributed by atoms with Crippen molar-refractivity contribution in [2.75, 3.05) is 12.8 Å². The van der Waals surface area contributed by atoms with Gasteiger partial charge in [0.2, 0.25) is 0 Å². The fourth-order valence-corrected chi connectivity index (χ4v) is 1.83. The van der Waals surface area contributed by atoms with Crippen molar-refractivity contribution < 1.29 is 0 Å². The summed E-state index contributed by atoms with van der Waals surface area (Å²) in [6.07, 6.45) is 2.10. The van der Waals surface area contributed by atoms with Gasteiger partial charge in [-0.15, -0.1) is 11.8 Å². The van der Waals surface area contributed by atoms with E-state index in [1.165, 1.54) is 10.5 Å². The summed E-state index contributed by atoms with van der Waals surface area (Å²) in [5, 5.41) is 3.38. The average Bonchev–Trinajstić information content (AvgIpc) is 2.26. The molecule has 0 spiro atoms. The molecular weight excluding hydrogens is 192 g/mol. The molecule has 0 radical (unpaired) electrons. The quantitative estimate of drug-likeness (QED) is 0.728. The van der Waals surface area contributed by atoms with E-state index >= 15 is 0 Å². The molecule has 3 N–H and O–H groups in total. The predicted molar refractivity (Wildman–Crippen MR) is 63.6 cm³/mol. The van der Waals surface area contributed by atoms with Crippen LogP contribution in [0.5, 0.6) is 0 Å². The van der Waals surface area contributed by atoms with Crippen LogP contribution < -0.4 is 11.1 Å². The molecule has 1 aromatic carbocycles. The number of nitrogens with two attached hydrogens (primary N) is 1. The van der Waals surface area contributed by atoms with Crippen LogP contribution in [-0.4, -0.2) is 18.8 Å². The van der Waals surface area contributed by atoms with Gasteiger partial charge in [-0.05, 0) is 24.8 Å². The number of nitrogens with one attached hydrogen (secondary N) is 1. The molecule has 0 unspecified atom stereocenters. The summed E-state index contributed by atoms with van der Waals surface area (Å²) in [6, 6.07) is 8.83. The van der Waals surface area contributed by atoms with Gasteiger partial charge in [0, 0.05) is 24.0 Å². The third-order valence-corrected chi connectivity index (χ3v) is 3.03. The number of benzene rings is 1. The Hall–Kier alpha value is -0.510. The Labute approximate surface area is 90.3 Å². The van der Waals surface area contributed by atoms with Gasteiger partial charge >= 0.3 is 0 Å². The van der Waals surface area contributed by atoms with E-state index in [0.717, 1.165) is 6.54 Å². The van der Waals surface area contributed by atoms with E-state index in [9.17, 15) is 0 Å². The summed E-state index contributed by atoms with van der Waals surface area (Å²) in [5.41, 5.74) is 6.89. The van der Waals surface area contributed by atoms with Crippen LogP contribution in [0.15, 0.2) is 29.2 Å². The Morgan fingerprint density at radius 3 is 2.79 bits per heavy atom. The highest BCUT2D eigenvalue weighted by molar-refractivity contribution is 7.98. The van der Waals surface area contributed by atoms with Gasteiger partial charge in [-0.1, -0.05) is 18.2 Å². The molecule has 2 nitrogen and oxygen atoms in total. The topological polar surface area (TPSA) is 38.0 Å². The third-order valence-electron chi connectivity index (χ3n) is 2.19. The molecule has 0 aliphatic heterocycles. The summed E-state index contributed by atoms with van der Waals surface area (Å²) in [6.45, 7) is 3.68. The summed E-state index contributed by atoms with van der Waals surface area (Å²) >= 11 is 1.78. The lowest BCUT2D eigenvalue weighted by molar-refractivity contribution is 0.553. The minimum absolute atomic E-state index is 0.380. The summed E-state index contributed by atoms with van der Waals surface area (Å²) in [5.74, 6) is 0. The van der Waals surface area contributed by atoms with Crippen LogP contribution in [0.2, 0.25) is 0 Å². The molecule has 0 amide bonds. The summed E-state index contributed by atoms with van der Waals surface area (Å²) in [7, 11) is 0. The van der Waals surface area contributed by atoms with Crippen LogP contribution in [0, 0.1) is 0 Å². The number of thioether (sulfide) groups is 1. The zero-order chi connectivity index (χ0) is 10.4. The third kappa shape index (κ3) is 3.33. The Balaban J connectivity index is 2.57. The molecule has 3 heteroatoms. The van der Waals surface area contributed by atoms with Gasteiger partial charge in [0.15, 0.2) is 0 Å². The van der Waals surface area contributed by atoms with Crippen LogP contribution in [0.1, 0.15) is 12.5 Å². The average molecular weight is 210 g/mol. The molecule has 0 saturated heterocycles. The molecule has 0 saturated carbocycles. The lowest BCUT2D eigenvalue weighted by Gasteiger charge is -2.13. The maximum absolute atomic E-state index is 5.54. The molecular formula is C11H18N2S. The van der Waals surface area contributed by atoms with Crippen LogP contribution in [0.25, 0.3) is 0 Å². The van der Waals surface area contributed by atoms with Crippen molar-refractivity contribution in [3.8, 4) is 0 Å². The van der Waals surface area contributed by atoms with Crippen molar-refractivity contribution in [1.82, 2.24) is 5.32 Å². The van der Waals surface area contributed by atoms with E-state index in [0.29, 0.717) is 12.6 Å². The second-order valence-electron chi connectivity index (χ2n) is 3.33. The Kier molecular flexibility index (Phi) is 5.01. The first-order valence-corrected chi connectivity index (χ1v) is 6.05. The Bertz CT molecular complexity index is 276. The van der Waals surface area contributed by atoms with Crippen molar-refractivity contribution in [3.05, 3.63) is 29.8 Å². The normalized spacial score (nSPS) is 12.8. The van der Waals surface area contributed by atoms with E-state index < -0.39 is 0 Å². The van der Waals surface area contributed by atoms with Gasteiger partial charge in [-0.25, -0.2) is 0 Å². The first kappa shape index (κ1) is 11.6. The Morgan fingerprint density at radius 1 is 1.43 bits per heavy atom. The maximum Gasteiger partial charge on any atom is 0.0219 e. The second kappa shape index (κ2) is 6.06. The molecule has 1 atom stereocenters. The van der Waals surface area contributed by atoms with Gasteiger partial charge in [0.25, 0.3) is 0 Å². The number of rotatable bonds is 5. The molecule has 14 heavy (non-hydrogen) atoms. The Morgan fingerprint density at radius 2 is 2.14 bits per heavy atom. The van der Waals surface area contributed by atoms with E-state index in [4.69, 9.17) is 5.73 Å². The lowest BCUT2D eigenvalue weighted by atomic mass is 10.2. The van der Waals surface area contributed by atoms with Crippen molar-refractivity contribution in [2.24, 2.45) is 5.73 Å². The van der Waals surface area contributed by atoms with Crippen molar-refractivity contribution in [1.29, 1.82) is 0 Å². The van der Waals surface area contributed by atoms with Crippen LogP contribution in [0.4, 0.5) is 0 Å². The van der Waals surface area contributed by atoms with Gasteiger partial charge in [-0.3, -0.25) is 0 Å². The SMILES string of the molecule is CSc1ccccc1CN[C@H](C)CN. The van der Waals surface area contributed by atoms with Crippen LogP contribution >= 0.6 is 11.8 Å². The zero-order valence-electron chi connectivity index (χ0n) is 8.79. The van der Waals surface area contributed by atoms with E-state index in [1.54, 1.807) is 11.8 Å². The first-order valence-electron chi connectivity index (χ1n) is 4.83. The zero-order valence-corrected chi connectivity index (χ0v) is 9.60. The van der Waals surface area contributed by atoms with E-state index in [1.807, 2.05) is 0 Å². The highest BCUT2D eigenvalue weighted by Crippen LogP contribution is 2.19. The fourth-order valence-electron chi connectivity index (χ4n) is 1.22. The fraction of sp³-hybridized carbons (Fsp3) is 0.455. The largest absolute Gasteiger partial charge is 0.329 e. The van der Waals surface area contributed by atoms with E-state index in [-0.39, 0.29) is 0 Å². The highest BCUT2D eigenvalue weighted by atomic mass is 32.2. The first-order chi connectivity index (χ1) is 6.77. The maximum atomic E-state index is 5.54. The predicted octanol–water partition coefficient (Wildman–Crippen LogP) is 1.85. The van der Waals surface area contributed by atoms with Gasteiger partial charge in [-0.2, -0.15) is 0 Å². The molecule has 0 bridgehead atoms.